The summed E-state index contributed by atoms with van der Waals surface area (Å²) in [7, 11) is 0. The Balaban J connectivity index is 2.44. The van der Waals surface area contributed by atoms with Crippen molar-refractivity contribution in [1.29, 1.82) is 0 Å². The molecule has 0 saturated carbocycles. The number of rotatable bonds is 6. The summed E-state index contributed by atoms with van der Waals surface area (Å²) in [5, 5.41) is 19.8. The molecule has 1 aromatic carbocycles. The molecule has 2 unspecified atom stereocenters. The van der Waals surface area contributed by atoms with Crippen LogP contribution in [0, 0.1) is 5.92 Å². The fourth-order valence-electron chi connectivity index (χ4n) is 1.71. The Morgan fingerprint density at radius 3 is 2.29 bits per heavy atom. The molecule has 2 N–H and O–H groups in total. The maximum Gasteiger partial charge on any atom is 0.101 e. The predicted molar refractivity (Wildman–Crippen MR) is 70.8 cm³/mol. The monoisotopic (exact) mass is 234 g/mol. The number of aliphatic hydroxyl groups is 2. The smallest absolute Gasteiger partial charge is 0.101 e. The van der Waals surface area contributed by atoms with Gasteiger partial charge >= 0.3 is 0 Å². The van der Waals surface area contributed by atoms with Crippen molar-refractivity contribution in [2.45, 2.75) is 38.9 Å². The fourth-order valence-corrected chi connectivity index (χ4v) is 1.71. The van der Waals surface area contributed by atoms with E-state index < -0.39 is 12.2 Å². The second-order valence-corrected chi connectivity index (χ2v) is 4.77. The van der Waals surface area contributed by atoms with Crippen molar-refractivity contribution in [3.63, 3.8) is 0 Å². The number of hydrogen-bond acceptors (Lipinski definition) is 2. The van der Waals surface area contributed by atoms with Gasteiger partial charge in [0.1, 0.15) is 6.10 Å². The first-order chi connectivity index (χ1) is 8.02. The molecule has 2 heteroatoms. The van der Waals surface area contributed by atoms with Crippen LogP contribution in [0.25, 0.3) is 0 Å². The molecule has 0 aromatic heterocycles. The molecule has 0 aliphatic carbocycles. The lowest BCUT2D eigenvalue weighted by atomic mass is 9.93. The summed E-state index contributed by atoms with van der Waals surface area (Å²) in [5.41, 5.74) is 1.87. The molecule has 2 nitrogen and oxygen atoms in total. The highest BCUT2D eigenvalue weighted by molar-refractivity contribution is 5.15. The van der Waals surface area contributed by atoms with Gasteiger partial charge in [-0.2, -0.15) is 0 Å². The minimum absolute atomic E-state index is 0.191. The Morgan fingerprint density at radius 2 is 1.76 bits per heavy atom. The van der Waals surface area contributed by atoms with E-state index in [1.807, 2.05) is 44.2 Å². The first-order valence-corrected chi connectivity index (χ1v) is 6.11. The van der Waals surface area contributed by atoms with Gasteiger partial charge in [0.05, 0.1) is 6.10 Å². The van der Waals surface area contributed by atoms with Crippen molar-refractivity contribution in [2.24, 2.45) is 5.92 Å². The van der Waals surface area contributed by atoms with E-state index in [0.717, 1.165) is 6.42 Å². The molecule has 0 radical (unpaired) electrons. The quantitative estimate of drug-likeness (QED) is 0.743. The fraction of sp³-hybridized carbons (Fsp3) is 0.467. The summed E-state index contributed by atoms with van der Waals surface area (Å²) < 4.78 is 0. The normalized spacial score (nSPS) is 14.6. The highest BCUT2D eigenvalue weighted by Gasteiger charge is 2.20. The lowest BCUT2D eigenvalue weighted by Crippen LogP contribution is -2.29. The van der Waals surface area contributed by atoms with E-state index in [-0.39, 0.29) is 5.92 Å². The van der Waals surface area contributed by atoms with E-state index in [1.165, 1.54) is 5.56 Å². The number of aliphatic hydroxyl groups excluding tert-OH is 2. The topological polar surface area (TPSA) is 40.5 Å². The van der Waals surface area contributed by atoms with E-state index >= 15 is 0 Å². The van der Waals surface area contributed by atoms with Crippen LogP contribution in [0.2, 0.25) is 0 Å². The van der Waals surface area contributed by atoms with E-state index in [2.05, 4.69) is 6.58 Å². The molecule has 0 heterocycles. The third kappa shape index (κ3) is 4.33. The van der Waals surface area contributed by atoms with E-state index in [0.29, 0.717) is 12.0 Å². The second-order valence-electron chi connectivity index (χ2n) is 4.77. The third-order valence-corrected chi connectivity index (χ3v) is 3.06. The molecule has 0 amide bonds. The minimum atomic E-state index is -0.821. The third-order valence-electron chi connectivity index (χ3n) is 3.06. The van der Waals surface area contributed by atoms with Gasteiger partial charge in [-0.3, -0.25) is 0 Å². The molecule has 1 aromatic rings. The van der Waals surface area contributed by atoms with Gasteiger partial charge in [-0.05, 0) is 29.9 Å². The average Bonchev–Trinajstić information content (AvgIpc) is 2.35. The summed E-state index contributed by atoms with van der Waals surface area (Å²) in [5.74, 6) is 0.191. The molecule has 0 aliphatic rings. The van der Waals surface area contributed by atoms with Crippen LogP contribution < -0.4 is 0 Å². The SMILES string of the molecule is C=C(C(C)C)C(O)C(O)CCc1ccccc1. The lowest BCUT2D eigenvalue weighted by Gasteiger charge is -2.22. The molecule has 0 fully saturated rings. The van der Waals surface area contributed by atoms with Crippen LogP contribution in [0.1, 0.15) is 25.8 Å². The second kappa shape index (κ2) is 6.58. The Bertz CT molecular complexity index is 343. The lowest BCUT2D eigenvalue weighted by molar-refractivity contribution is 0.0325. The van der Waals surface area contributed by atoms with Gasteiger partial charge in [0, 0.05) is 0 Å². The highest BCUT2D eigenvalue weighted by atomic mass is 16.3. The zero-order chi connectivity index (χ0) is 12.8. The van der Waals surface area contributed by atoms with Crippen molar-refractivity contribution < 1.29 is 10.2 Å². The van der Waals surface area contributed by atoms with Crippen LogP contribution in [-0.2, 0) is 6.42 Å². The van der Waals surface area contributed by atoms with Gasteiger partial charge in [0.25, 0.3) is 0 Å². The minimum Gasteiger partial charge on any atom is -0.390 e. The molecule has 94 valence electrons. The molecule has 0 bridgehead atoms. The Labute approximate surface area is 104 Å². The van der Waals surface area contributed by atoms with Crippen molar-refractivity contribution in [3.05, 3.63) is 48.0 Å². The molecule has 0 aliphatic heterocycles. The number of aryl methyl sites for hydroxylation is 1. The predicted octanol–water partition coefficient (Wildman–Crippen LogP) is 2.55. The van der Waals surface area contributed by atoms with Crippen molar-refractivity contribution in [1.82, 2.24) is 0 Å². The van der Waals surface area contributed by atoms with Gasteiger partial charge in [0.2, 0.25) is 0 Å². The highest BCUT2D eigenvalue weighted by Crippen LogP contribution is 2.17. The number of hydrogen-bond donors (Lipinski definition) is 2. The van der Waals surface area contributed by atoms with Gasteiger partial charge in [-0.1, -0.05) is 50.8 Å². The number of benzene rings is 1. The van der Waals surface area contributed by atoms with Gasteiger partial charge in [0.15, 0.2) is 0 Å². The van der Waals surface area contributed by atoms with Crippen LogP contribution in [0.15, 0.2) is 42.5 Å². The molecular formula is C15H22O2. The molecule has 1 rings (SSSR count). The van der Waals surface area contributed by atoms with E-state index in [4.69, 9.17) is 0 Å². The van der Waals surface area contributed by atoms with E-state index in [9.17, 15) is 10.2 Å². The van der Waals surface area contributed by atoms with Crippen molar-refractivity contribution >= 4 is 0 Å². The average molecular weight is 234 g/mol. The molecule has 0 spiro atoms. The Morgan fingerprint density at radius 1 is 1.18 bits per heavy atom. The Kier molecular flexibility index (Phi) is 5.39. The largest absolute Gasteiger partial charge is 0.390 e. The van der Waals surface area contributed by atoms with Crippen LogP contribution in [0.3, 0.4) is 0 Å². The van der Waals surface area contributed by atoms with E-state index in [1.54, 1.807) is 0 Å². The Hall–Kier alpha value is -1.12. The van der Waals surface area contributed by atoms with Crippen molar-refractivity contribution in [3.8, 4) is 0 Å². The molecule has 0 saturated heterocycles. The zero-order valence-corrected chi connectivity index (χ0v) is 10.6. The molecule has 17 heavy (non-hydrogen) atoms. The van der Waals surface area contributed by atoms with Gasteiger partial charge in [-0.25, -0.2) is 0 Å². The van der Waals surface area contributed by atoms with Crippen molar-refractivity contribution in [2.75, 3.05) is 0 Å². The van der Waals surface area contributed by atoms with Crippen LogP contribution in [0.5, 0.6) is 0 Å². The van der Waals surface area contributed by atoms with Crippen LogP contribution in [0.4, 0.5) is 0 Å². The molecular weight excluding hydrogens is 212 g/mol. The van der Waals surface area contributed by atoms with Gasteiger partial charge in [-0.15, -0.1) is 0 Å². The standard InChI is InChI=1S/C15H22O2/c1-11(2)12(3)15(17)14(16)10-9-13-7-5-4-6-8-13/h4-8,11,14-17H,3,9-10H2,1-2H3. The summed E-state index contributed by atoms with van der Waals surface area (Å²) in [4.78, 5) is 0. The summed E-state index contributed by atoms with van der Waals surface area (Å²) in [6, 6.07) is 9.97. The summed E-state index contributed by atoms with van der Waals surface area (Å²) in [6.45, 7) is 7.76. The zero-order valence-electron chi connectivity index (χ0n) is 10.6. The maximum atomic E-state index is 9.89. The van der Waals surface area contributed by atoms with Crippen LogP contribution >= 0.6 is 0 Å². The first kappa shape index (κ1) is 13.9. The van der Waals surface area contributed by atoms with Crippen LogP contribution in [-0.4, -0.2) is 22.4 Å². The summed E-state index contributed by atoms with van der Waals surface area (Å²) in [6.07, 6.45) is -0.231. The maximum absolute atomic E-state index is 9.89. The van der Waals surface area contributed by atoms with Gasteiger partial charge < -0.3 is 10.2 Å². The first-order valence-electron chi connectivity index (χ1n) is 6.11. The molecule has 2 atom stereocenters. The summed E-state index contributed by atoms with van der Waals surface area (Å²) >= 11 is 0.